The van der Waals surface area contributed by atoms with E-state index in [0.717, 1.165) is 6.54 Å². The summed E-state index contributed by atoms with van der Waals surface area (Å²) in [6.45, 7) is 7.47. The molecular formula is C16H26N4O3. The first-order valence-corrected chi connectivity index (χ1v) is 7.85. The van der Waals surface area contributed by atoms with Crippen LogP contribution in [0.5, 0.6) is 5.75 Å². The number of rotatable bonds is 9. The van der Waals surface area contributed by atoms with Crippen LogP contribution in [0.4, 0.5) is 0 Å². The van der Waals surface area contributed by atoms with Gasteiger partial charge in [0.25, 0.3) is 5.91 Å². The van der Waals surface area contributed by atoms with Crippen LogP contribution in [0.15, 0.2) is 29.3 Å². The molecule has 4 N–H and O–H groups in total. The van der Waals surface area contributed by atoms with Gasteiger partial charge in [-0.15, -0.1) is 0 Å². The topological polar surface area (TPSA) is 95.0 Å². The maximum absolute atomic E-state index is 11.9. The van der Waals surface area contributed by atoms with E-state index in [1.165, 1.54) is 6.07 Å². The van der Waals surface area contributed by atoms with Gasteiger partial charge in [0.2, 0.25) is 0 Å². The molecule has 1 aromatic carbocycles. The molecule has 0 spiro atoms. The van der Waals surface area contributed by atoms with Gasteiger partial charge in [0.15, 0.2) is 5.96 Å². The minimum absolute atomic E-state index is 0.0243. The Kier molecular flexibility index (Phi) is 9.23. The number of guanidine groups is 1. The van der Waals surface area contributed by atoms with Crippen molar-refractivity contribution in [2.75, 3.05) is 39.4 Å². The van der Waals surface area contributed by atoms with Crippen LogP contribution in [0.3, 0.4) is 0 Å². The first-order chi connectivity index (χ1) is 11.2. The van der Waals surface area contributed by atoms with Gasteiger partial charge >= 0.3 is 0 Å². The second-order valence-electron chi connectivity index (χ2n) is 4.66. The van der Waals surface area contributed by atoms with Crippen molar-refractivity contribution in [3.63, 3.8) is 0 Å². The van der Waals surface area contributed by atoms with Crippen molar-refractivity contribution < 1.29 is 14.6 Å². The summed E-state index contributed by atoms with van der Waals surface area (Å²) in [6, 6.07) is 6.45. The second-order valence-corrected chi connectivity index (χ2v) is 4.66. The highest BCUT2D eigenvalue weighted by Crippen LogP contribution is 2.14. The summed E-state index contributed by atoms with van der Waals surface area (Å²) in [5, 5.41) is 18.6. The van der Waals surface area contributed by atoms with Crippen molar-refractivity contribution in [3.8, 4) is 5.75 Å². The van der Waals surface area contributed by atoms with Crippen molar-refractivity contribution in [1.82, 2.24) is 16.0 Å². The van der Waals surface area contributed by atoms with Gasteiger partial charge in [-0.25, -0.2) is 0 Å². The fourth-order valence-electron chi connectivity index (χ4n) is 1.83. The summed E-state index contributed by atoms with van der Waals surface area (Å²) in [4.78, 5) is 16.3. The standard InChI is InChI=1S/C16H26N4O3/c1-3-17-16(20-11-12-23-4-2)19-10-9-18-15(22)13-7-5-6-8-14(13)21/h5-8,21H,3-4,9-12H2,1-2H3,(H,18,22)(H2,17,19,20). The Morgan fingerprint density at radius 1 is 1.17 bits per heavy atom. The maximum atomic E-state index is 11.9. The highest BCUT2D eigenvalue weighted by atomic mass is 16.5. The molecule has 0 bridgehead atoms. The fourth-order valence-corrected chi connectivity index (χ4v) is 1.83. The number of carbonyl (C=O) groups is 1. The van der Waals surface area contributed by atoms with E-state index in [-0.39, 0.29) is 17.2 Å². The normalized spacial score (nSPS) is 11.1. The molecule has 0 fully saturated rings. The van der Waals surface area contributed by atoms with Crippen LogP contribution >= 0.6 is 0 Å². The van der Waals surface area contributed by atoms with E-state index < -0.39 is 0 Å². The van der Waals surface area contributed by atoms with Gasteiger partial charge in [-0.1, -0.05) is 12.1 Å². The molecule has 0 unspecified atom stereocenters. The summed E-state index contributed by atoms with van der Waals surface area (Å²) in [7, 11) is 0. The molecule has 0 aliphatic carbocycles. The fraction of sp³-hybridized carbons (Fsp3) is 0.500. The number of aliphatic imine (C=N–C) groups is 1. The Labute approximate surface area is 137 Å². The van der Waals surface area contributed by atoms with Crippen LogP contribution in [0.1, 0.15) is 24.2 Å². The first kappa shape index (κ1) is 18.8. The minimum Gasteiger partial charge on any atom is -0.507 e. The zero-order valence-electron chi connectivity index (χ0n) is 13.8. The number of hydrogen-bond acceptors (Lipinski definition) is 4. The molecule has 1 amide bonds. The maximum Gasteiger partial charge on any atom is 0.255 e. The van der Waals surface area contributed by atoms with Crippen molar-refractivity contribution >= 4 is 11.9 Å². The number of hydrogen-bond donors (Lipinski definition) is 4. The average molecular weight is 322 g/mol. The molecule has 0 radical (unpaired) electrons. The molecule has 7 heteroatoms. The molecular weight excluding hydrogens is 296 g/mol. The van der Waals surface area contributed by atoms with Crippen LogP contribution in [0.2, 0.25) is 0 Å². The number of carbonyl (C=O) groups excluding carboxylic acids is 1. The largest absolute Gasteiger partial charge is 0.507 e. The number of aromatic hydroxyl groups is 1. The van der Waals surface area contributed by atoms with Gasteiger partial charge in [0.05, 0.1) is 18.7 Å². The lowest BCUT2D eigenvalue weighted by Gasteiger charge is -2.12. The highest BCUT2D eigenvalue weighted by Gasteiger charge is 2.08. The Morgan fingerprint density at radius 2 is 1.91 bits per heavy atom. The Balaban J connectivity index is 2.33. The summed E-state index contributed by atoms with van der Waals surface area (Å²) < 4.78 is 5.24. The van der Waals surface area contributed by atoms with Crippen LogP contribution < -0.4 is 16.0 Å². The van der Waals surface area contributed by atoms with Gasteiger partial charge in [0, 0.05) is 26.2 Å². The number of amides is 1. The quantitative estimate of drug-likeness (QED) is 0.305. The predicted octanol–water partition coefficient (Wildman–Crippen LogP) is 0.714. The zero-order chi connectivity index (χ0) is 16.9. The van der Waals surface area contributed by atoms with E-state index in [0.29, 0.717) is 38.8 Å². The molecule has 0 heterocycles. The summed E-state index contributed by atoms with van der Waals surface area (Å²) in [5.41, 5.74) is 0.268. The van der Waals surface area contributed by atoms with Crippen molar-refractivity contribution in [3.05, 3.63) is 29.8 Å². The van der Waals surface area contributed by atoms with Crippen LogP contribution in [-0.2, 0) is 4.74 Å². The monoisotopic (exact) mass is 322 g/mol. The number of nitrogens with one attached hydrogen (secondary N) is 3. The van der Waals surface area contributed by atoms with Gasteiger partial charge in [0.1, 0.15) is 5.75 Å². The van der Waals surface area contributed by atoms with Crippen molar-refractivity contribution in [1.29, 1.82) is 0 Å². The molecule has 0 saturated carbocycles. The van der Waals surface area contributed by atoms with E-state index in [2.05, 4.69) is 20.9 Å². The molecule has 0 aliphatic heterocycles. The Morgan fingerprint density at radius 3 is 2.61 bits per heavy atom. The van der Waals surface area contributed by atoms with Gasteiger partial charge in [-0.2, -0.15) is 0 Å². The highest BCUT2D eigenvalue weighted by molar-refractivity contribution is 5.96. The molecule has 0 aromatic heterocycles. The molecule has 0 atom stereocenters. The molecule has 7 nitrogen and oxygen atoms in total. The van der Waals surface area contributed by atoms with Gasteiger partial charge in [-0.05, 0) is 26.0 Å². The number of phenolic OH excluding ortho intramolecular Hbond substituents is 1. The minimum atomic E-state index is -0.303. The molecule has 1 rings (SSSR count). The van der Waals surface area contributed by atoms with Crippen LogP contribution in [0.25, 0.3) is 0 Å². The van der Waals surface area contributed by atoms with Crippen LogP contribution in [-0.4, -0.2) is 56.4 Å². The Hall–Kier alpha value is -2.28. The summed E-state index contributed by atoms with van der Waals surface area (Å²) in [5.74, 6) is 0.357. The van der Waals surface area contributed by atoms with Crippen molar-refractivity contribution in [2.45, 2.75) is 13.8 Å². The summed E-state index contributed by atoms with van der Waals surface area (Å²) in [6.07, 6.45) is 0. The smallest absolute Gasteiger partial charge is 0.255 e. The van der Waals surface area contributed by atoms with Crippen LogP contribution in [0, 0.1) is 0 Å². The third-order valence-corrected chi connectivity index (χ3v) is 2.91. The van der Waals surface area contributed by atoms with E-state index in [1.807, 2.05) is 13.8 Å². The molecule has 128 valence electrons. The summed E-state index contributed by atoms with van der Waals surface area (Å²) >= 11 is 0. The lowest BCUT2D eigenvalue weighted by Crippen LogP contribution is -2.41. The number of nitrogens with zero attached hydrogens (tertiary/aromatic N) is 1. The van der Waals surface area contributed by atoms with Gasteiger partial charge in [-0.3, -0.25) is 9.79 Å². The van der Waals surface area contributed by atoms with E-state index in [4.69, 9.17) is 4.74 Å². The molecule has 0 saturated heterocycles. The third-order valence-electron chi connectivity index (χ3n) is 2.91. The third kappa shape index (κ3) is 7.51. The lowest BCUT2D eigenvalue weighted by atomic mass is 10.2. The second kappa shape index (κ2) is 11.3. The predicted molar refractivity (Wildman–Crippen MR) is 90.9 cm³/mol. The lowest BCUT2D eigenvalue weighted by molar-refractivity contribution is 0.0951. The zero-order valence-corrected chi connectivity index (χ0v) is 13.8. The number of phenols is 1. The first-order valence-electron chi connectivity index (χ1n) is 7.85. The molecule has 1 aromatic rings. The molecule has 0 aliphatic rings. The SMILES string of the molecule is CCNC(=NCCOCC)NCCNC(=O)c1ccccc1O. The molecule has 23 heavy (non-hydrogen) atoms. The van der Waals surface area contributed by atoms with Crippen molar-refractivity contribution in [2.24, 2.45) is 4.99 Å². The van der Waals surface area contributed by atoms with E-state index in [1.54, 1.807) is 18.2 Å². The van der Waals surface area contributed by atoms with E-state index in [9.17, 15) is 9.90 Å². The number of ether oxygens (including phenoxy) is 1. The average Bonchev–Trinajstić information content (AvgIpc) is 2.55. The Bertz CT molecular complexity index is 506. The number of benzene rings is 1. The number of para-hydroxylation sites is 1. The van der Waals surface area contributed by atoms with Gasteiger partial charge < -0.3 is 25.8 Å². The van der Waals surface area contributed by atoms with E-state index >= 15 is 0 Å².